The van der Waals surface area contributed by atoms with Crippen molar-refractivity contribution < 1.29 is 28.5 Å². The zero-order valence-electron chi connectivity index (χ0n) is 20.2. The molecule has 7 nitrogen and oxygen atoms in total. The van der Waals surface area contributed by atoms with Gasteiger partial charge in [-0.1, -0.05) is 30.9 Å². The molecule has 3 aromatic carbocycles. The van der Waals surface area contributed by atoms with Crippen LogP contribution in [0.1, 0.15) is 5.56 Å². The molecule has 0 saturated heterocycles. The maximum Gasteiger partial charge on any atom is 0.330 e. The number of rotatable bonds is 13. The lowest BCUT2D eigenvalue weighted by Crippen LogP contribution is -2.12. The van der Waals surface area contributed by atoms with Crippen molar-refractivity contribution in [3.63, 3.8) is 0 Å². The number of anilines is 3. The van der Waals surface area contributed by atoms with Crippen LogP contribution in [-0.4, -0.2) is 38.4 Å². The van der Waals surface area contributed by atoms with E-state index in [0.717, 1.165) is 29.2 Å². The molecule has 0 saturated carbocycles. The Hall–Kier alpha value is -4.52. The summed E-state index contributed by atoms with van der Waals surface area (Å²) in [6, 6.07) is 23.6. The van der Waals surface area contributed by atoms with E-state index in [9.17, 15) is 9.59 Å². The van der Waals surface area contributed by atoms with Gasteiger partial charge in [0.1, 0.15) is 37.9 Å². The van der Waals surface area contributed by atoms with Crippen LogP contribution in [0, 0.1) is 6.92 Å². The molecule has 0 aliphatic carbocycles. The Bertz CT molecular complexity index is 1080. The molecule has 0 atom stereocenters. The topological polar surface area (TPSA) is 74.3 Å². The molecule has 0 fully saturated rings. The van der Waals surface area contributed by atoms with E-state index in [2.05, 4.69) is 42.3 Å². The number of hydrogen-bond donors (Lipinski definition) is 0. The number of carbonyl (C=O) groups excluding carboxylic acids is 2. The molecular weight excluding hydrogens is 458 g/mol. The monoisotopic (exact) mass is 487 g/mol. The zero-order chi connectivity index (χ0) is 25.8. The third-order valence-electron chi connectivity index (χ3n) is 5.01. The number of nitrogens with zero attached hydrogens (tertiary/aromatic N) is 1. The highest BCUT2D eigenvalue weighted by atomic mass is 16.6. The molecule has 0 aromatic heterocycles. The molecule has 3 rings (SSSR count). The van der Waals surface area contributed by atoms with Crippen LogP contribution in [-0.2, 0) is 19.1 Å². The van der Waals surface area contributed by atoms with Crippen LogP contribution < -0.4 is 14.4 Å². The van der Waals surface area contributed by atoms with Gasteiger partial charge < -0.3 is 23.8 Å². The minimum atomic E-state index is -0.477. The lowest BCUT2D eigenvalue weighted by Gasteiger charge is -2.26. The van der Waals surface area contributed by atoms with Crippen molar-refractivity contribution in [2.75, 3.05) is 31.3 Å². The van der Waals surface area contributed by atoms with Gasteiger partial charge >= 0.3 is 11.9 Å². The molecule has 0 amide bonds. The predicted octanol–water partition coefficient (Wildman–Crippen LogP) is 5.68. The van der Waals surface area contributed by atoms with Crippen molar-refractivity contribution in [3.8, 4) is 11.5 Å². The van der Waals surface area contributed by atoms with Gasteiger partial charge in [-0.25, -0.2) is 9.59 Å². The summed E-state index contributed by atoms with van der Waals surface area (Å²) in [6.45, 7) is 9.55. The highest BCUT2D eigenvalue weighted by Crippen LogP contribution is 2.36. The van der Waals surface area contributed by atoms with Crippen LogP contribution in [0.25, 0.3) is 0 Å². The fraction of sp³-hybridized carbons (Fsp3) is 0.172. The fourth-order valence-corrected chi connectivity index (χ4v) is 3.25. The number of esters is 2. The molecule has 0 heterocycles. The summed E-state index contributed by atoms with van der Waals surface area (Å²) in [7, 11) is 0. The first kappa shape index (κ1) is 26.1. The van der Waals surface area contributed by atoms with Gasteiger partial charge in [-0.05, 0) is 67.6 Å². The molecule has 0 spiro atoms. The molecule has 0 N–H and O–H groups in total. The fourth-order valence-electron chi connectivity index (χ4n) is 3.25. The number of carbonyl (C=O) groups is 2. The van der Waals surface area contributed by atoms with E-state index in [1.165, 1.54) is 5.56 Å². The molecule has 36 heavy (non-hydrogen) atoms. The highest BCUT2D eigenvalue weighted by Gasteiger charge is 2.13. The number of hydrogen-bond acceptors (Lipinski definition) is 7. The Labute approximate surface area is 211 Å². The van der Waals surface area contributed by atoms with Crippen molar-refractivity contribution in [1.29, 1.82) is 0 Å². The van der Waals surface area contributed by atoms with E-state index in [1.54, 1.807) is 0 Å². The standard InChI is InChI=1S/C29H29NO6/c1-4-28(31)35-20-18-33-26-14-10-24(11-15-26)30(23-8-6-22(3)7-9-23)25-12-16-27(17-13-25)34-19-21-36-29(32)5-2/h4-17H,1-2,18-21H2,3H3. The largest absolute Gasteiger partial charge is 0.490 e. The van der Waals surface area contributed by atoms with Crippen LogP contribution in [0.5, 0.6) is 11.5 Å². The summed E-state index contributed by atoms with van der Waals surface area (Å²) >= 11 is 0. The zero-order valence-corrected chi connectivity index (χ0v) is 20.2. The first-order chi connectivity index (χ1) is 17.5. The number of aryl methyl sites for hydroxylation is 1. The average Bonchev–Trinajstić information content (AvgIpc) is 2.91. The molecule has 0 radical (unpaired) electrons. The Morgan fingerprint density at radius 3 is 1.36 bits per heavy atom. The predicted molar refractivity (Wildman–Crippen MR) is 139 cm³/mol. The van der Waals surface area contributed by atoms with Crippen molar-refractivity contribution >= 4 is 29.0 Å². The normalized spacial score (nSPS) is 10.1. The van der Waals surface area contributed by atoms with E-state index in [4.69, 9.17) is 18.9 Å². The smallest absolute Gasteiger partial charge is 0.330 e. The third-order valence-corrected chi connectivity index (χ3v) is 5.01. The third kappa shape index (κ3) is 7.77. The van der Waals surface area contributed by atoms with E-state index >= 15 is 0 Å². The summed E-state index contributed by atoms with van der Waals surface area (Å²) in [6.07, 6.45) is 2.24. The molecule has 0 unspecified atom stereocenters. The van der Waals surface area contributed by atoms with Crippen LogP contribution in [0.15, 0.2) is 98.1 Å². The van der Waals surface area contributed by atoms with E-state index in [0.29, 0.717) is 11.5 Å². The summed E-state index contributed by atoms with van der Waals surface area (Å²) in [5, 5.41) is 0. The van der Waals surface area contributed by atoms with Gasteiger partial charge in [0.05, 0.1) is 0 Å². The average molecular weight is 488 g/mol. The maximum absolute atomic E-state index is 11.1. The van der Waals surface area contributed by atoms with E-state index in [-0.39, 0.29) is 26.4 Å². The number of benzene rings is 3. The maximum atomic E-state index is 11.1. The van der Waals surface area contributed by atoms with Gasteiger partial charge in [-0.15, -0.1) is 0 Å². The van der Waals surface area contributed by atoms with Crippen LogP contribution in [0.2, 0.25) is 0 Å². The minimum absolute atomic E-state index is 0.146. The van der Waals surface area contributed by atoms with Crippen LogP contribution >= 0.6 is 0 Å². The minimum Gasteiger partial charge on any atom is -0.490 e. The van der Waals surface area contributed by atoms with Crippen molar-refractivity contribution in [1.82, 2.24) is 0 Å². The second kappa shape index (κ2) is 13.4. The van der Waals surface area contributed by atoms with Gasteiger partial charge in [0.25, 0.3) is 0 Å². The Morgan fingerprint density at radius 1 is 0.639 bits per heavy atom. The lowest BCUT2D eigenvalue weighted by molar-refractivity contribution is -0.139. The second-order valence-corrected chi connectivity index (χ2v) is 7.60. The first-order valence-corrected chi connectivity index (χ1v) is 11.4. The van der Waals surface area contributed by atoms with Crippen LogP contribution in [0.4, 0.5) is 17.1 Å². The van der Waals surface area contributed by atoms with Gasteiger partial charge in [0, 0.05) is 29.2 Å². The summed E-state index contributed by atoms with van der Waals surface area (Å²) < 4.78 is 21.2. The molecule has 0 aliphatic rings. The van der Waals surface area contributed by atoms with Crippen molar-refractivity contribution in [2.24, 2.45) is 0 Å². The van der Waals surface area contributed by atoms with Crippen LogP contribution in [0.3, 0.4) is 0 Å². The highest BCUT2D eigenvalue weighted by molar-refractivity contribution is 5.81. The van der Waals surface area contributed by atoms with Crippen molar-refractivity contribution in [2.45, 2.75) is 6.92 Å². The molecule has 7 heteroatoms. The lowest BCUT2D eigenvalue weighted by atomic mass is 10.1. The summed E-state index contributed by atoms with van der Waals surface area (Å²) in [5.41, 5.74) is 4.04. The van der Waals surface area contributed by atoms with Gasteiger partial charge in [-0.3, -0.25) is 0 Å². The first-order valence-electron chi connectivity index (χ1n) is 11.4. The second-order valence-electron chi connectivity index (χ2n) is 7.60. The molecule has 0 bridgehead atoms. The Kier molecular flexibility index (Phi) is 9.70. The Morgan fingerprint density at radius 2 is 1.00 bits per heavy atom. The molecule has 3 aromatic rings. The van der Waals surface area contributed by atoms with Gasteiger partial charge in [0.2, 0.25) is 0 Å². The quantitative estimate of drug-likeness (QED) is 0.174. The molecule has 0 aliphatic heterocycles. The van der Waals surface area contributed by atoms with E-state index in [1.807, 2.05) is 55.5 Å². The Balaban J connectivity index is 1.71. The number of ether oxygens (including phenoxy) is 4. The van der Waals surface area contributed by atoms with E-state index < -0.39 is 11.9 Å². The van der Waals surface area contributed by atoms with Gasteiger partial charge in [0.15, 0.2) is 0 Å². The van der Waals surface area contributed by atoms with Gasteiger partial charge in [-0.2, -0.15) is 0 Å². The van der Waals surface area contributed by atoms with Crippen molar-refractivity contribution in [3.05, 3.63) is 104 Å². The molecule has 186 valence electrons. The SMILES string of the molecule is C=CC(=O)OCCOc1ccc(N(c2ccc(C)cc2)c2ccc(OCCOC(=O)C=C)cc2)cc1. The summed E-state index contributed by atoms with van der Waals surface area (Å²) in [4.78, 5) is 24.4. The summed E-state index contributed by atoms with van der Waals surface area (Å²) in [5.74, 6) is 0.377. The molecular formula is C29H29NO6.